The maximum atomic E-state index is 11.1. The fourth-order valence-electron chi connectivity index (χ4n) is 1.70. The molecule has 0 amide bonds. The molecular formula is C8H16N3O5S+. The first kappa shape index (κ1) is 14.2. The molecule has 0 saturated carbocycles. The molecule has 1 fully saturated rings. The predicted octanol–water partition coefficient (Wildman–Crippen LogP) is 0.0315. The monoisotopic (exact) mass is 266 g/mol. The van der Waals surface area contributed by atoms with Crippen molar-refractivity contribution in [2.45, 2.75) is 37.9 Å². The number of nitrogens with one attached hydrogen (secondary N) is 1. The molecular weight excluding hydrogens is 250 g/mol. The van der Waals surface area contributed by atoms with E-state index in [9.17, 15) is 8.42 Å². The lowest BCUT2D eigenvalue weighted by Crippen LogP contribution is -2.48. The molecule has 4 unspecified atom stereocenters. The van der Waals surface area contributed by atoms with Crippen LogP contribution in [0.1, 0.15) is 13.3 Å². The fraction of sp³-hybridized carbons (Fsp3) is 1.00. The molecule has 1 saturated heterocycles. The lowest BCUT2D eigenvalue weighted by Gasteiger charge is -2.34. The summed E-state index contributed by atoms with van der Waals surface area (Å²) >= 11 is 0. The zero-order valence-corrected chi connectivity index (χ0v) is 10.7. The smallest absolute Gasteiger partial charge is 0.264 e. The Kier molecular flexibility index (Phi) is 4.72. The molecule has 0 aromatic heterocycles. The van der Waals surface area contributed by atoms with E-state index in [1.807, 2.05) is 0 Å². The van der Waals surface area contributed by atoms with Gasteiger partial charge < -0.3 is 9.47 Å². The highest BCUT2D eigenvalue weighted by molar-refractivity contribution is 7.86. The van der Waals surface area contributed by atoms with Crippen LogP contribution in [0.3, 0.4) is 0 Å². The topological polar surface area (TPSA) is 112 Å². The summed E-state index contributed by atoms with van der Waals surface area (Å²) in [6.07, 6.45) is -0.551. The van der Waals surface area contributed by atoms with Crippen LogP contribution in [0, 0.1) is 5.53 Å². The largest absolute Gasteiger partial charge is 0.356 e. The second-order valence-corrected chi connectivity index (χ2v) is 5.39. The van der Waals surface area contributed by atoms with E-state index in [0.29, 0.717) is 6.42 Å². The minimum atomic E-state index is -3.62. The minimum absolute atomic E-state index is 0.295. The minimum Gasteiger partial charge on any atom is -0.356 e. The molecule has 4 atom stereocenters. The number of rotatable bonds is 4. The quantitative estimate of drug-likeness (QED) is 0.438. The second-order valence-electron chi connectivity index (χ2n) is 3.79. The SMILES string of the molecule is COC1CC(N=[N+]=N)C(OS(C)(=O)=O)C(C)O1. The summed E-state index contributed by atoms with van der Waals surface area (Å²) in [5, 5.41) is 3.64. The summed E-state index contributed by atoms with van der Waals surface area (Å²) in [6.45, 7) is 1.66. The predicted molar refractivity (Wildman–Crippen MR) is 56.7 cm³/mol. The Balaban J connectivity index is 2.87. The van der Waals surface area contributed by atoms with Crippen LogP contribution in [-0.4, -0.2) is 46.3 Å². The van der Waals surface area contributed by atoms with Crippen molar-refractivity contribution in [3.63, 3.8) is 0 Å². The first-order valence-electron chi connectivity index (χ1n) is 5.00. The Hall–Kier alpha value is -0.860. The molecule has 9 heteroatoms. The molecule has 8 nitrogen and oxygen atoms in total. The maximum absolute atomic E-state index is 11.1. The van der Waals surface area contributed by atoms with E-state index in [-0.39, 0.29) is 0 Å². The molecule has 1 aliphatic rings. The van der Waals surface area contributed by atoms with Gasteiger partial charge in [0.2, 0.25) is 4.91 Å². The Morgan fingerprint density at radius 1 is 1.53 bits per heavy atom. The van der Waals surface area contributed by atoms with Crippen LogP contribution in [0.2, 0.25) is 0 Å². The first-order chi connectivity index (χ1) is 7.87. The number of nitrogens with zero attached hydrogens (tertiary/aromatic N) is 2. The summed E-state index contributed by atoms with van der Waals surface area (Å²) in [6, 6.07) is -0.573. The van der Waals surface area contributed by atoms with Gasteiger partial charge in [-0.3, -0.25) is 4.18 Å². The van der Waals surface area contributed by atoms with E-state index < -0.39 is 34.7 Å². The van der Waals surface area contributed by atoms with Gasteiger partial charge in [0.15, 0.2) is 12.3 Å². The van der Waals surface area contributed by atoms with Crippen molar-refractivity contribution in [2.24, 2.45) is 5.11 Å². The zero-order valence-electron chi connectivity index (χ0n) is 9.86. The lowest BCUT2D eigenvalue weighted by atomic mass is 10.0. The van der Waals surface area contributed by atoms with Crippen molar-refractivity contribution >= 4 is 10.1 Å². The third-order valence-corrected chi connectivity index (χ3v) is 2.97. The molecule has 0 radical (unpaired) electrons. The number of hydrogen-bond donors (Lipinski definition) is 1. The summed E-state index contributed by atoms with van der Waals surface area (Å²) in [5.41, 5.74) is 6.72. The van der Waals surface area contributed by atoms with Gasteiger partial charge in [-0.25, -0.2) is 0 Å². The molecule has 1 rings (SSSR count). The molecule has 0 aromatic carbocycles. The van der Waals surface area contributed by atoms with E-state index >= 15 is 0 Å². The maximum Gasteiger partial charge on any atom is 0.264 e. The standard InChI is InChI=1S/C8H16N3O5S/c1-5-8(16-17(3,12)13)6(10-11-9)4-7(14-2)15-5/h5-9H,4H2,1-3H3/q+1. The number of ether oxygens (including phenoxy) is 2. The van der Waals surface area contributed by atoms with Crippen LogP contribution in [0.4, 0.5) is 0 Å². The molecule has 0 aromatic rings. The molecule has 1 heterocycles. The molecule has 1 N–H and O–H groups in total. The van der Waals surface area contributed by atoms with Crippen LogP contribution < -0.4 is 4.91 Å². The van der Waals surface area contributed by atoms with Crippen LogP contribution in [0.5, 0.6) is 0 Å². The summed E-state index contributed by atoms with van der Waals surface area (Å²) < 4.78 is 37.6. The molecule has 1 aliphatic heterocycles. The number of hydrogen-bond acceptors (Lipinski definition) is 7. The van der Waals surface area contributed by atoms with Crippen LogP contribution >= 0.6 is 0 Å². The van der Waals surface area contributed by atoms with E-state index in [2.05, 4.69) is 10.0 Å². The van der Waals surface area contributed by atoms with Crippen molar-refractivity contribution in [2.75, 3.05) is 13.4 Å². The Labute approximate surface area is 99.6 Å². The Morgan fingerprint density at radius 3 is 2.65 bits per heavy atom. The van der Waals surface area contributed by atoms with Crippen LogP contribution in [0.15, 0.2) is 5.11 Å². The van der Waals surface area contributed by atoms with Gasteiger partial charge in [-0.2, -0.15) is 8.42 Å². The van der Waals surface area contributed by atoms with Crippen molar-refractivity contribution in [1.29, 1.82) is 5.53 Å². The Morgan fingerprint density at radius 2 is 2.18 bits per heavy atom. The highest BCUT2D eigenvalue weighted by atomic mass is 32.2. The lowest BCUT2D eigenvalue weighted by molar-refractivity contribution is -0.206. The number of methoxy groups -OCH3 is 1. The van der Waals surface area contributed by atoms with Gasteiger partial charge in [-0.15, -0.1) is 0 Å². The highest BCUT2D eigenvalue weighted by Gasteiger charge is 2.42. The van der Waals surface area contributed by atoms with Crippen LogP contribution in [-0.2, 0) is 23.8 Å². The second kappa shape index (κ2) is 5.65. The van der Waals surface area contributed by atoms with Gasteiger partial charge in [0.1, 0.15) is 16.7 Å². The normalized spacial score (nSPS) is 34.1. The van der Waals surface area contributed by atoms with Gasteiger partial charge in [0.25, 0.3) is 10.1 Å². The molecule has 17 heavy (non-hydrogen) atoms. The van der Waals surface area contributed by atoms with Crippen molar-refractivity contribution in [3.05, 3.63) is 0 Å². The van der Waals surface area contributed by atoms with Gasteiger partial charge in [0, 0.05) is 13.5 Å². The average molecular weight is 266 g/mol. The summed E-state index contributed by atoms with van der Waals surface area (Å²) in [7, 11) is -2.14. The van der Waals surface area contributed by atoms with Gasteiger partial charge in [-0.05, 0) is 6.92 Å². The van der Waals surface area contributed by atoms with Crippen molar-refractivity contribution in [3.8, 4) is 0 Å². The third kappa shape index (κ3) is 4.14. The highest BCUT2D eigenvalue weighted by Crippen LogP contribution is 2.26. The fourth-order valence-corrected chi connectivity index (χ4v) is 2.39. The molecule has 98 valence electrons. The van der Waals surface area contributed by atoms with E-state index in [1.54, 1.807) is 6.92 Å². The first-order valence-corrected chi connectivity index (χ1v) is 6.82. The van der Waals surface area contributed by atoms with E-state index in [4.69, 9.17) is 19.2 Å². The van der Waals surface area contributed by atoms with Gasteiger partial charge in [-0.1, -0.05) is 0 Å². The van der Waals surface area contributed by atoms with Crippen molar-refractivity contribution < 1.29 is 22.1 Å². The summed E-state index contributed by atoms with van der Waals surface area (Å²) in [5.74, 6) is 0. The van der Waals surface area contributed by atoms with E-state index in [1.165, 1.54) is 7.11 Å². The van der Waals surface area contributed by atoms with E-state index in [0.717, 1.165) is 6.26 Å². The zero-order chi connectivity index (χ0) is 13.1. The molecule has 0 bridgehead atoms. The molecule has 0 spiro atoms. The van der Waals surface area contributed by atoms with Gasteiger partial charge in [0.05, 0.1) is 12.4 Å². The van der Waals surface area contributed by atoms with Gasteiger partial charge >= 0.3 is 0 Å². The average Bonchev–Trinajstić information content (AvgIpc) is 2.21. The van der Waals surface area contributed by atoms with Crippen LogP contribution in [0.25, 0.3) is 0 Å². The Bertz CT molecular complexity index is 405. The molecule has 0 aliphatic carbocycles. The summed E-state index contributed by atoms with van der Waals surface area (Å²) in [4.78, 5) is 2.93. The van der Waals surface area contributed by atoms with Crippen molar-refractivity contribution in [1.82, 2.24) is 4.91 Å². The third-order valence-electron chi connectivity index (χ3n) is 2.40.